The summed E-state index contributed by atoms with van der Waals surface area (Å²) in [7, 11) is 0.340. The molecule has 0 aliphatic heterocycles. The van der Waals surface area contributed by atoms with Crippen LogP contribution in [0, 0.1) is 0 Å². The minimum Gasteiger partial charge on any atom is -0.378 e. The summed E-state index contributed by atoms with van der Waals surface area (Å²) >= 11 is 1.43. The van der Waals surface area contributed by atoms with Crippen LogP contribution in [-0.4, -0.2) is 33.8 Å². The van der Waals surface area contributed by atoms with Crippen molar-refractivity contribution in [2.75, 3.05) is 20.4 Å². The second kappa shape index (κ2) is 5.90. The average molecular weight is 278 g/mol. The van der Waals surface area contributed by atoms with Gasteiger partial charge in [0.15, 0.2) is 9.84 Å². The highest BCUT2D eigenvalue weighted by molar-refractivity contribution is 7.91. The molecule has 1 unspecified atom stereocenters. The molecule has 7 heteroatoms. The molecule has 0 radical (unpaired) electrons. The number of ether oxygens (including phenoxy) is 1. The van der Waals surface area contributed by atoms with E-state index < -0.39 is 15.1 Å². The summed E-state index contributed by atoms with van der Waals surface area (Å²) in [6.07, 6.45) is 1.23. The highest BCUT2D eigenvalue weighted by Gasteiger charge is 2.22. The lowest BCUT2D eigenvalue weighted by Crippen LogP contribution is -2.07. The second-order valence-electron chi connectivity index (χ2n) is 3.86. The molecule has 0 bridgehead atoms. The number of thiazole rings is 1. The molecule has 1 N–H and O–H groups in total. The van der Waals surface area contributed by atoms with Crippen LogP contribution >= 0.6 is 11.3 Å². The summed E-state index contributed by atoms with van der Waals surface area (Å²) < 4.78 is 28.0. The van der Waals surface area contributed by atoms with E-state index in [-0.39, 0.29) is 0 Å². The maximum absolute atomic E-state index is 11.5. The van der Waals surface area contributed by atoms with Crippen LogP contribution in [0.25, 0.3) is 0 Å². The first kappa shape index (κ1) is 14.6. The highest BCUT2D eigenvalue weighted by atomic mass is 32.2. The van der Waals surface area contributed by atoms with E-state index >= 15 is 0 Å². The third kappa shape index (κ3) is 3.74. The number of methoxy groups -OCH3 is 1. The second-order valence-corrected chi connectivity index (χ2v) is 7.34. The van der Waals surface area contributed by atoms with Gasteiger partial charge in [-0.2, -0.15) is 0 Å². The smallest absolute Gasteiger partial charge is 0.156 e. The molecule has 1 aromatic rings. The molecule has 1 aromatic heterocycles. The number of sulfone groups is 1. The van der Waals surface area contributed by atoms with Gasteiger partial charge >= 0.3 is 0 Å². The first-order valence-corrected chi connectivity index (χ1v) is 7.98. The fourth-order valence-electron chi connectivity index (χ4n) is 1.31. The van der Waals surface area contributed by atoms with Gasteiger partial charge < -0.3 is 10.1 Å². The molecular formula is C10H18N2O3S2. The number of nitrogens with one attached hydrogen (secondary N) is 1. The van der Waals surface area contributed by atoms with E-state index in [1.54, 1.807) is 14.0 Å². The molecule has 1 rings (SSSR count). The van der Waals surface area contributed by atoms with Crippen LogP contribution in [0.4, 0.5) is 0 Å². The van der Waals surface area contributed by atoms with Gasteiger partial charge in [0.05, 0.1) is 12.3 Å². The van der Waals surface area contributed by atoms with Gasteiger partial charge in [-0.1, -0.05) is 0 Å². The SMILES string of the molecule is CNCc1sc(C(C)S(C)(=O)=O)nc1COC. The molecule has 1 atom stereocenters. The molecule has 5 nitrogen and oxygen atoms in total. The maximum atomic E-state index is 11.5. The van der Waals surface area contributed by atoms with Crippen LogP contribution < -0.4 is 5.32 Å². The molecule has 0 amide bonds. The van der Waals surface area contributed by atoms with Crippen molar-refractivity contribution in [2.24, 2.45) is 0 Å². The lowest BCUT2D eigenvalue weighted by molar-refractivity contribution is 0.181. The zero-order chi connectivity index (χ0) is 13.1. The summed E-state index contributed by atoms with van der Waals surface area (Å²) in [6, 6.07) is 0. The third-order valence-electron chi connectivity index (χ3n) is 2.40. The Balaban J connectivity index is 3.06. The van der Waals surface area contributed by atoms with Crippen molar-refractivity contribution < 1.29 is 13.2 Å². The van der Waals surface area contributed by atoms with Gasteiger partial charge in [0.2, 0.25) is 0 Å². The van der Waals surface area contributed by atoms with E-state index in [1.807, 2.05) is 7.05 Å². The van der Waals surface area contributed by atoms with Crippen LogP contribution in [-0.2, 0) is 27.7 Å². The van der Waals surface area contributed by atoms with Crippen molar-refractivity contribution in [3.8, 4) is 0 Å². The van der Waals surface area contributed by atoms with Crippen LogP contribution in [0.15, 0.2) is 0 Å². The minimum atomic E-state index is -3.10. The number of hydrogen-bond donors (Lipinski definition) is 1. The Bertz CT molecular complexity index is 444. The normalized spacial score (nSPS) is 13.9. The lowest BCUT2D eigenvalue weighted by atomic mass is 10.3. The monoisotopic (exact) mass is 278 g/mol. The van der Waals surface area contributed by atoms with Gasteiger partial charge in [-0.3, -0.25) is 0 Å². The quantitative estimate of drug-likeness (QED) is 0.844. The predicted octanol–water partition coefficient (Wildman–Crippen LogP) is 1.11. The summed E-state index contributed by atoms with van der Waals surface area (Å²) in [6.45, 7) is 2.74. The van der Waals surface area contributed by atoms with Crippen molar-refractivity contribution in [1.82, 2.24) is 10.3 Å². The Kier molecular flexibility index (Phi) is 5.05. The molecule has 0 aliphatic carbocycles. The summed E-state index contributed by atoms with van der Waals surface area (Å²) in [5.74, 6) is 0. The van der Waals surface area contributed by atoms with Gasteiger partial charge in [0, 0.05) is 24.8 Å². The van der Waals surface area contributed by atoms with Gasteiger partial charge in [-0.25, -0.2) is 13.4 Å². The van der Waals surface area contributed by atoms with Crippen molar-refractivity contribution in [3.63, 3.8) is 0 Å². The Morgan fingerprint density at radius 1 is 1.53 bits per heavy atom. The first-order chi connectivity index (χ1) is 7.90. The van der Waals surface area contributed by atoms with E-state index in [2.05, 4.69) is 10.3 Å². The molecule has 98 valence electrons. The first-order valence-electron chi connectivity index (χ1n) is 5.21. The maximum Gasteiger partial charge on any atom is 0.156 e. The summed E-state index contributed by atoms with van der Waals surface area (Å²) in [5.41, 5.74) is 0.817. The number of aromatic nitrogens is 1. The molecule has 0 aromatic carbocycles. The number of rotatable bonds is 6. The van der Waals surface area contributed by atoms with Gasteiger partial charge in [0.25, 0.3) is 0 Å². The largest absolute Gasteiger partial charge is 0.378 e. The fraction of sp³-hybridized carbons (Fsp3) is 0.700. The molecular weight excluding hydrogens is 260 g/mol. The van der Waals surface area contributed by atoms with E-state index in [0.29, 0.717) is 18.2 Å². The third-order valence-corrected chi connectivity index (χ3v) is 5.34. The minimum absolute atomic E-state index is 0.407. The molecule has 0 saturated heterocycles. The zero-order valence-electron chi connectivity index (χ0n) is 10.5. The van der Waals surface area contributed by atoms with Crippen LogP contribution in [0.1, 0.15) is 27.8 Å². The summed E-state index contributed by atoms with van der Waals surface area (Å²) in [5, 5.41) is 3.11. The Morgan fingerprint density at radius 2 is 2.18 bits per heavy atom. The van der Waals surface area contributed by atoms with E-state index in [9.17, 15) is 8.42 Å². The van der Waals surface area contributed by atoms with E-state index in [1.165, 1.54) is 17.6 Å². The van der Waals surface area contributed by atoms with Crippen molar-refractivity contribution >= 4 is 21.2 Å². The summed E-state index contributed by atoms with van der Waals surface area (Å²) in [4.78, 5) is 5.39. The number of hydrogen-bond acceptors (Lipinski definition) is 6. The standard InChI is InChI=1S/C10H18N2O3S2/c1-7(17(4,13)14)10-12-8(6-15-3)9(16-10)5-11-2/h7,11H,5-6H2,1-4H3. The molecule has 0 fully saturated rings. The van der Waals surface area contributed by atoms with Crippen LogP contribution in [0.3, 0.4) is 0 Å². The van der Waals surface area contributed by atoms with E-state index in [0.717, 1.165) is 10.6 Å². The van der Waals surface area contributed by atoms with Crippen molar-refractivity contribution in [1.29, 1.82) is 0 Å². The average Bonchev–Trinajstić information content (AvgIpc) is 2.60. The Hall–Kier alpha value is -0.500. The Labute approximate surface area is 106 Å². The molecule has 0 aliphatic rings. The van der Waals surface area contributed by atoms with Crippen LogP contribution in [0.2, 0.25) is 0 Å². The fourth-order valence-corrected chi connectivity index (χ4v) is 3.41. The predicted molar refractivity (Wildman–Crippen MR) is 68.8 cm³/mol. The van der Waals surface area contributed by atoms with Crippen molar-refractivity contribution in [2.45, 2.75) is 25.3 Å². The topological polar surface area (TPSA) is 68.3 Å². The van der Waals surface area contributed by atoms with Gasteiger partial charge in [-0.05, 0) is 14.0 Å². The van der Waals surface area contributed by atoms with Gasteiger partial charge in [-0.15, -0.1) is 11.3 Å². The van der Waals surface area contributed by atoms with Crippen molar-refractivity contribution in [3.05, 3.63) is 15.6 Å². The molecule has 0 saturated carbocycles. The number of nitrogens with zero attached hydrogens (tertiary/aromatic N) is 1. The highest BCUT2D eigenvalue weighted by Crippen LogP contribution is 2.28. The van der Waals surface area contributed by atoms with Crippen LogP contribution in [0.5, 0.6) is 0 Å². The lowest BCUT2D eigenvalue weighted by Gasteiger charge is -2.04. The molecule has 1 heterocycles. The molecule has 0 spiro atoms. The zero-order valence-corrected chi connectivity index (χ0v) is 12.1. The molecule has 17 heavy (non-hydrogen) atoms. The Morgan fingerprint density at radius 3 is 2.65 bits per heavy atom. The van der Waals surface area contributed by atoms with E-state index in [4.69, 9.17) is 4.74 Å². The van der Waals surface area contributed by atoms with Gasteiger partial charge in [0.1, 0.15) is 10.3 Å².